The maximum atomic E-state index is 12.3. The van der Waals surface area contributed by atoms with E-state index in [9.17, 15) is 4.79 Å². The Morgan fingerprint density at radius 3 is 2.79 bits per heavy atom. The average molecular weight is 272 g/mol. The van der Waals surface area contributed by atoms with E-state index in [0.717, 1.165) is 29.8 Å². The topological polar surface area (TPSA) is 45.8 Å². The van der Waals surface area contributed by atoms with Gasteiger partial charge in [0.15, 0.2) is 0 Å². The molecule has 0 aromatic carbocycles. The number of nitrogens with zero attached hydrogens (tertiary/aromatic N) is 2. The summed E-state index contributed by atoms with van der Waals surface area (Å²) in [4.78, 5) is 13.3. The molecule has 0 spiro atoms. The second-order valence-corrected chi connectivity index (χ2v) is 5.33. The summed E-state index contributed by atoms with van der Waals surface area (Å²) in [5.74, 6) is 0. The van der Waals surface area contributed by atoms with Gasteiger partial charge < -0.3 is 4.57 Å². The van der Waals surface area contributed by atoms with Crippen LogP contribution in [0.4, 0.5) is 0 Å². The van der Waals surface area contributed by atoms with Crippen LogP contribution in [0.3, 0.4) is 0 Å². The molecule has 0 bridgehead atoms. The standard InChI is InChI=1S/C15H16N2OS/c1-2-3-4-9-17-13(14-6-5-10-19-14)8-7-12(11-16)15(17)18/h5-8,10H,2-4,9H2,1H3. The van der Waals surface area contributed by atoms with Gasteiger partial charge in [0.25, 0.3) is 5.56 Å². The molecule has 0 N–H and O–H groups in total. The van der Waals surface area contributed by atoms with E-state index < -0.39 is 0 Å². The van der Waals surface area contributed by atoms with Gasteiger partial charge in [-0.25, -0.2) is 0 Å². The summed E-state index contributed by atoms with van der Waals surface area (Å²) in [7, 11) is 0. The van der Waals surface area contributed by atoms with Crippen molar-refractivity contribution < 1.29 is 0 Å². The molecule has 4 heteroatoms. The molecule has 3 nitrogen and oxygen atoms in total. The lowest BCUT2D eigenvalue weighted by molar-refractivity contribution is 0.592. The minimum absolute atomic E-state index is 0.176. The first kappa shape index (κ1) is 13.6. The molecule has 98 valence electrons. The first-order valence-corrected chi connectivity index (χ1v) is 7.33. The fraction of sp³-hybridized carbons (Fsp3) is 0.333. The van der Waals surface area contributed by atoms with Gasteiger partial charge in [-0.15, -0.1) is 11.3 Å². The number of hydrogen-bond acceptors (Lipinski definition) is 3. The molecule has 2 rings (SSSR count). The maximum Gasteiger partial charge on any atom is 0.268 e. The number of nitriles is 1. The van der Waals surface area contributed by atoms with Gasteiger partial charge >= 0.3 is 0 Å². The number of unbranched alkanes of at least 4 members (excludes halogenated alkanes) is 2. The van der Waals surface area contributed by atoms with Gasteiger partial charge in [0.2, 0.25) is 0 Å². The Morgan fingerprint density at radius 1 is 1.32 bits per heavy atom. The van der Waals surface area contributed by atoms with E-state index in [2.05, 4.69) is 6.92 Å². The zero-order chi connectivity index (χ0) is 13.7. The number of rotatable bonds is 5. The minimum atomic E-state index is -0.176. The van der Waals surface area contributed by atoms with Crippen molar-refractivity contribution in [1.29, 1.82) is 5.26 Å². The van der Waals surface area contributed by atoms with Gasteiger partial charge in [-0.05, 0) is 30.0 Å². The molecule has 0 aliphatic carbocycles. The molecule has 0 aliphatic heterocycles. The Kier molecular flexibility index (Phi) is 4.53. The summed E-state index contributed by atoms with van der Waals surface area (Å²) < 4.78 is 1.74. The number of pyridine rings is 1. The first-order chi connectivity index (χ1) is 9.27. The highest BCUT2D eigenvalue weighted by atomic mass is 32.1. The van der Waals surface area contributed by atoms with Crippen molar-refractivity contribution in [2.24, 2.45) is 0 Å². The molecule has 2 aromatic heterocycles. The summed E-state index contributed by atoms with van der Waals surface area (Å²) in [5, 5.41) is 11.0. The van der Waals surface area contributed by atoms with E-state index in [1.165, 1.54) is 0 Å². The zero-order valence-corrected chi connectivity index (χ0v) is 11.7. The lowest BCUT2D eigenvalue weighted by atomic mass is 10.2. The van der Waals surface area contributed by atoms with Crippen LogP contribution < -0.4 is 5.56 Å². The van der Waals surface area contributed by atoms with E-state index in [0.29, 0.717) is 6.54 Å². The highest BCUT2D eigenvalue weighted by Crippen LogP contribution is 2.24. The van der Waals surface area contributed by atoms with Gasteiger partial charge in [-0.2, -0.15) is 5.26 Å². The van der Waals surface area contributed by atoms with E-state index in [4.69, 9.17) is 5.26 Å². The van der Waals surface area contributed by atoms with Gasteiger partial charge in [0.05, 0.1) is 10.6 Å². The largest absolute Gasteiger partial charge is 0.306 e. The molecule has 19 heavy (non-hydrogen) atoms. The highest BCUT2D eigenvalue weighted by molar-refractivity contribution is 7.13. The number of aromatic nitrogens is 1. The van der Waals surface area contributed by atoms with Crippen LogP contribution >= 0.6 is 11.3 Å². The van der Waals surface area contributed by atoms with Crippen LogP contribution in [0.2, 0.25) is 0 Å². The van der Waals surface area contributed by atoms with Crippen LogP contribution in [0, 0.1) is 11.3 Å². The van der Waals surface area contributed by atoms with Gasteiger partial charge in [-0.1, -0.05) is 25.8 Å². The van der Waals surface area contributed by atoms with Crippen molar-refractivity contribution in [3.8, 4) is 16.6 Å². The predicted octanol–water partition coefficient (Wildman–Crippen LogP) is 3.64. The van der Waals surface area contributed by atoms with E-state index in [-0.39, 0.29) is 11.1 Å². The lowest BCUT2D eigenvalue weighted by Crippen LogP contribution is -2.23. The number of hydrogen-bond donors (Lipinski definition) is 0. The van der Waals surface area contributed by atoms with Gasteiger partial charge in [0.1, 0.15) is 11.6 Å². The Hall–Kier alpha value is -1.86. The molecule has 0 unspecified atom stereocenters. The van der Waals surface area contributed by atoms with Crippen molar-refractivity contribution in [3.05, 3.63) is 45.6 Å². The van der Waals surface area contributed by atoms with E-state index >= 15 is 0 Å². The quantitative estimate of drug-likeness (QED) is 0.780. The molecule has 0 fully saturated rings. The van der Waals surface area contributed by atoms with Crippen molar-refractivity contribution >= 4 is 11.3 Å². The van der Waals surface area contributed by atoms with E-state index in [1.807, 2.05) is 29.6 Å². The van der Waals surface area contributed by atoms with Crippen LogP contribution in [0.5, 0.6) is 0 Å². The lowest BCUT2D eigenvalue weighted by Gasteiger charge is -2.11. The monoisotopic (exact) mass is 272 g/mol. The second kappa shape index (κ2) is 6.35. The molecule has 0 amide bonds. The number of thiophene rings is 1. The average Bonchev–Trinajstić information content (AvgIpc) is 2.94. The van der Waals surface area contributed by atoms with Crippen molar-refractivity contribution in [2.75, 3.05) is 0 Å². The Bertz CT molecular complexity index is 635. The first-order valence-electron chi connectivity index (χ1n) is 6.45. The summed E-state index contributed by atoms with van der Waals surface area (Å²) in [6.07, 6.45) is 3.16. The molecule has 0 atom stereocenters. The Labute approximate surface area is 116 Å². The Balaban J connectivity index is 2.46. The van der Waals surface area contributed by atoms with Crippen molar-refractivity contribution in [1.82, 2.24) is 4.57 Å². The molecule has 0 radical (unpaired) electrons. The molecule has 0 saturated carbocycles. The summed E-state index contributed by atoms with van der Waals surface area (Å²) >= 11 is 1.61. The minimum Gasteiger partial charge on any atom is -0.306 e. The van der Waals surface area contributed by atoms with Crippen LogP contribution in [-0.2, 0) is 6.54 Å². The fourth-order valence-corrected chi connectivity index (χ4v) is 2.80. The zero-order valence-electron chi connectivity index (χ0n) is 10.9. The predicted molar refractivity (Wildman–Crippen MR) is 78.3 cm³/mol. The van der Waals surface area contributed by atoms with E-state index in [1.54, 1.807) is 22.0 Å². The SMILES string of the molecule is CCCCCn1c(-c2cccs2)ccc(C#N)c1=O. The second-order valence-electron chi connectivity index (χ2n) is 4.39. The van der Waals surface area contributed by atoms with Crippen LogP contribution in [0.25, 0.3) is 10.6 Å². The third kappa shape index (κ3) is 2.94. The fourth-order valence-electron chi connectivity index (χ4n) is 2.04. The summed E-state index contributed by atoms with van der Waals surface area (Å²) in [6.45, 7) is 2.81. The van der Waals surface area contributed by atoms with Gasteiger partial charge in [0, 0.05) is 6.54 Å². The Morgan fingerprint density at radius 2 is 2.16 bits per heavy atom. The molecule has 0 aliphatic rings. The third-order valence-electron chi connectivity index (χ3n) is 3.05. The normalized spacial score (nSPS) is 10.3. The summed E-state index contributed by atoms with van der Waals surface area (Å²) in [6, 6.07) is 9.43. The van der Waals surface area contributed by atoms with Crippen LogP contribution in [0.1, 0.15) is 31.7 Å². The van der Waals surface area contributed by atoms with Crippen molar-refractivity contribution in [2.45, 2.75) is 32.7 Å². The smallest absolute Gasteiger partial charge is 0.268 e. The van der Waals surface area contributed by atoms with Gasteiger partial charge in [-0.3, -0.25) is 4.79 Å². The van der Waals surface area contributed by atoms with Crippen LogP contribution in [0.15, 0.2) is 34.4 Å². The van der Waals surface area contributed by atoms with Crippen molar-refractivity contribution in [3.63, 3.8) is 0 Å². The molecular weight excluding hydrogens is 256 g/mol. The molecule has 2 heterocycles. The third-order valence-corrected chi connectivity index (χ3v) is 3.95. The van der Waals surface area contributed by atoms with Crippen LogP contribution in [-0.4, -0.2) is 4.57 Å². The molecule has 2 aromatic rings. The maximum absolute atomic E-state index is 12.3. The molecule has 0 saturated heterocycles. The molecular formula is C15H16N2OS. The summed E-state index contributed by atoms with van der Waals surface area (Å²) in [5.41, 5.74) is 0.955. The highest BCUT2D eigenvalue weighted by Gasteiger charge is 2.10.